The molecule has 8 nitrogen and oxygen atoms in total. The van der Waals surface area contributed by atoms with Crippen LogP contribution in [-0.4, -0.2) is 48.6 Å². The lowest BCUT2D eigenvalue weighted by atomic mass is 10.2. The van der Waals surface area contributed by atoms with Crippen molar-refractivity contribution in [1.82, 2.24) is 9.88 Å². The molecule has 2 N–H and O–H groups in total. The van der Waals surface area contributed by atoms with E-state index in [9.17, 15) is 22.7 Å². The fourth-order valence-electron chi connectivity index (χ4n) is 3.72. The molecule has 1 unspecified atom stereocenters. The summed E-state index contributed by atoms with van der Waals surface area (Å²) in [6.45, 7) is 2.35. The van der Waals surface area contributed by atoms with Crippen LogP contribution in [0.25, 0.3) is 0 Å². The Bertz CT molecular complexity index is 1240. The average Bonchev–Trinajstić information content (AvgIpc) is 3.43. The summed E-state index contributed by atoms with van der Waals surface area (Å²) >= 11 is 7.28. The van der Waals surface area contributed by atoms with Gasteiger partial charge in [0, 0.05) is 31.1 Å². The van der Waals surface area contributed by atoms with E-state index in [2.05, 4.69) is 27.3 Å². The van der Waals surface area contributed by atoms with E-state index in [0.717, 1.165) is 43.0 Å². The summed E-state index contributed by atoms with van der Waals surface area (Å²) in [6.07, 6.45) is -0.996. The second-order valence-corrected chi connectivity index (χ2v) is 10.4. The zero-order valence-electron chi connectivity index (χ0n) is 17.2. The van der Waals surface area contributed by atoms with Crippen molar-refractivity contribution in [3.8, 4) is 0 Å². The number of hydrogen-bond donors (Lipinski definition) is 2. The highest BCUT2D eigenvalue weighted by Crippen LogP contribution is 2.33. The van der Waals surface area contributed by atoms with Crippen LogP contribution in [0.15, 0.2) is 58.3 Å². The van der Waals surface area contributed by atoms with E-state index in [4.69, 9.17) is 11.6 Å². The Kier molecular flexibility index (Phi) is 6.84. The van der Waals surface area contributed by atoms with Crippen LogP contribution in [-0.2, 0) is 16.6 Å². The number of nitrogens with zero attached hydrogens (tertiary/aromatic N) is 3. The van der Waals surface area contributed by atoms with Crippen LogP contribution >= 0.6 is 22.9 Å². The molecular weight excluding hydrogens is 491 g/mol. The molecule has 2 aromatic carbocycles. The maximum Gasteiger partial charge on any atom is 0.427 e. The van der Waals surface area contributed by atoms with Gasteiger partial charge in [0.15, 0.2) is 5.82 Å². The SMILES string of the molecule is O=C(O)N(c1cscn1)S(=O)(=O)c1cc(Cl)c(NC2CCN(Cc3ccccc3)C2)cc1F. The van der Waals surface area contributed by atoms with E-state index in [1.54, 1.807) is 0 Å². The molecule has 3 aromatic rings. The van der Waals surface area contributed by atoms with Crippen molar-refractivity contribution in [2.45, 2.75) is 23.9 Å². The highest BCUT2D eigenvalue weighted by molar-refractivity contribution is 7.93. The first-order chi connectivity index (χ1) is 15.8. The number of thiazole rings is 1. The molecule has 0 saturated carbocycles. The Balaban J connectivity index is 1.51. The van der Waals surface area contributed by atoms with Gasteiger partial charge in [-0.1, -0.05) is 41.9 Å². The van der Waals surface area contributed by atoms with E-state index in [0.29, 0.717) is 6.54 Å². The summed E-state index contributed by atoms with van der Waals surface area (Å²) in [6, 6.07) is 11.9. The summed E-state index contributed by atoms with van der Waals surface area (Å²) in [4.78, 5) is 16.7. The zero-order valence-corrected chi connectivity index (χ0v) is 19.6. The number of halogens is 2. The molecule has 4 rings (SSSR count). The Labute approximate surface area is 199 Å². The van der Waals surface area contributed by atoms with Crippen molar-refractivity contribution in [3.05, 3.63) is 69.8 Å². The fourth-order valence-corrected chi connectivity index (χ4v) is 5.91. The van der Waals surface area contributed by atoms with Gasteiger partial charge in [-0.25, -0.2) is 22.6 Å². The minimum atomic E-state index is -4.78. The van der Waals surface area contributed by atoms with E-state index >= 15 is 0 Å². The van der Waals surface area contributed by atoms with Crippen molar-refractivity contribution in [2.75, 3.05) is 22.7 Å². The maximum absolute atomic E-state index is 14.9. The standard InChI is InChI=1S/C21H20ClFN4O4S2/c22-16-8-19(33(30,31)27(21(28)29)20-12-32-13-24-20)17(23)9-18(16)25-15-6-7-26(11-15)10-14-4-2-1-3-5-14/h1-5,8-9,12-13,15,25H,6-7,10-11H2,(H,28,29). The van der Waals surface area contributed by atoms with Crippen molar-refractivity contribution < 1.29 is 22.7 Å². The van der Waals surface area contributed by atoms with Crippen molar-refractivity contribution in [1.29, 1.82) is 0 Å². The molecule has 1 aliphatic rings. The third kappa shape index (κ3) is 5.11. The molecule has 0 aliphatic carbocycles. The predicted molar refractivity (Wildman–Crippen MR) is 125 cm³/mol. The molecule has 12 heteroatoms. The Morgan fingerprint density at radius 3 is 2.76 bits per heavy atom. The number of nitrogens with one attached hydrogen (secondary N) is 1. The van der Waals surface area contributed by atoms with E-state index < -0.39 is 26.8 Å². The number of benzene rings is 2. The van der Waals surface area contributed by atoms with Crippen LogP contribution in [0.5, 0.6) is 0 Å². The minimum Gasteiger partial charge on any atom is -0.464 e. The van der Waals surface area contributed by atoms with Crippen LogP contribution < -0.4 is 9.62 Å². The van der Waals surface area contributed by atoms with E-state index in [1.807, 2.05) is 18.2 Å². The monoisotopic (exact) mass is 510 g/mol. The van der Waals surface area contributed by atoms with Gasteiger partial charge in [-0.05, 0) is 24.1 Å². The molecule has 1 atom stereocenters. The first-order valence-corrected chi connectivity index (χ1v) is 12.7. The summed E-state index contributed by atoms with van der Waals surface area (Å²) < 4.78 is 40.7. The number of aromatic nitrogens is 1. The highest BCUT2D eigenvalue weighted by atomic mass is 35.5. The predicted octanol–water partition coefficient (Wildman–Crippen LogP) is 4.50. The van der Waals surface area contributed by atoms with Gasteiger partial charge in [-0.15, -0.1) is 15.6 Å². The second-order valence-electron chi connectivity index (χ2n) is 7.51. The normalized spacial score (nSPS) is 16.6. The lowest BCUT2D eigenvalue weighted by Crippen LogP contribution is -2.36. The molecular formula is C21H20ClFN4O4S2. The van der Waals surface area contributed by atoms with Gasteiger partial charge in [-0.3, -0.25) is 4.90 Å². The molecule has 2 heterocycles. The van der Waals surface area contributed by atoms with E-state index in [1.165, 1.54) is 16.5 Å². The molecule has 0 spiro atoms. The van der Waals surface area contributed by atoms with Crippen LogP contribution in [0, 0.1) is 5.82 Å². The van der Waals surface area contributed by atoms with Crippen LogP contribution in [0.3, 0.4) is 0 Å². The van der Waals surface area contributed by atoms with Crippen LogP contribution in [0.1, 0.15) is 12.0 Å². The summed E-state index contributed by atoms with van der Waals surface area (Å²) in [5, 5.41) is 13.8. The average molecular weight is 511 g/mol. The lowest BCUT2D eigenvalue weighted by molar-refractivity contribution is 0.206. The number of carboxylic acid groups (broad SMARTS) is 1. The molecule has 0 bridgehead atoms. The zero-order chi connectivity index (χ0) is 23.6. The topological polar surface area (TPSA) is 103 Å². The summed E-state index contributed by atoms with van der Waals surface area (Å²) in [5.41, 5.74) is 2.72. The Morgan fingerprint density at radius 1 is 1.33 bits per heavy atom. The molecule has 0 radical (unpaired) electrons. The van der Waals surface area contributed by atoms with Crippen molar-refractivity contribution in [2.24, 2.45) is 0 Å². The van der Waals surface area contributed by atoms with Gasteiger partial charge < -0.3 is 10.4 Å². The van der Waals surface area contributed by atoms with E-state index in [-0.39, 0.29) is 26.9 Å². The second kappa shape index (κ2) is 9.64. The smallest absolute Gasteiger partial charge is 0.427 e. The molecule has 1 amide bonds. The van der Waals surface area contributed by atoms with Crippen molar-refractivity contribution >= 4 is 50.6 Å². The third-order valence-corrected chi connectivity index (χ3v) is 7.80. The fraction of sp³-hybridized carbons (Fsp3) is 0.238. The van der Waals surface area contributed by atoms with Crippen LogP contribution in [0.2, 0.25) is 5.02 Å². The van der Waals surface area contributed by atoms with Crippen molar-refractivity contribution in [3.63, 3.8) is 0 Å². The van der Waals surface area contributed by atoms with Gasteiger partial charge in [0.25, 0.3) is 10.0 Å². The third-order valence-electron chi connectivity index (χ3n) is 5.22. The summed E-state index contributed by atoms with van der Waals surface area (Å²) in [7, 11) is -4.78. The Morgan fingerprint density at radius 2 is 2.09 bits per heavy atom. The molecule has 174 valence electrons. The lowest BCUT2D eigenvalue weighted by Gasteiger charge is -2.20. The number of carbonyl (C=O) groups is 1. The molecule has 1 aliphatic heterocycles. The largest absolute Gasteiger partial charge is 0.464 e. The molecule has 1 aromatic heterocycles. The van der Waals surface area contributed by atoms with Gasteiger partial charge in [-0.2, -0.15) is 0 Å². The molecule has 1 fully saturated rings. The van der Waals surface area contributed by atoms with Gasteiger partial charge in [0.2, 0.25) is 0 Å². The summed E-state index contributed by atoms with van der Waals surface area (Å²) in [5.74, 6) is -1.45. The Hall–Kier alpha value is -2.73. The van der Waals surface area contributed by atoms with Gasteiger partial charge in [0.05, 0.1) is 16.2 Å². The highest BCUT2D eigenvalue weighted by Gasteiger charge is 2.35. The van der Waals surface area contributed by atoms with Crippen LogP contribution in [0.4, 0.5) is 20.7 Å². The minimum absolute atomic E-state index is 0.00130. The number of likely N-dealkylation sites (tertiary alicyclic amines) is 1. The number of amides is 1. The first kappa shape index (κ1) is 23.4. The molecule has 33 heavy (non-hydrogen) atoms. The first-order valence-electron chi connectivity index (χ1n) is 9.94. The maximum atomic E-state index is 14.9. The number of hydrogen-bond acceptors (Lipinski definition) is 7. The van der Waals surface area contributed by atoms with Gasteiger partial charge >= 0.3 is 6.09 Å². The molecule has 1 saturated heterocycles. The number of sulfonamides is 1. The number of anilines is 2. The number of rotatable bonds is 7. The van der Waals surface area contributed by atoms with Gasteiger partial charge in [0.1, 0.15) is 10.7 Å². The quantitative estimate of drug-likeness (QED) is 0.482.